The average Bonchev–Trinajstić information content (AvgIpc) is 3.22. The molecular weight excluding hydrogens is 248 g/mol. The molecule has 0 spiro atoms. The van der Waals surface area contributed by atoms with Crippen LogP contribution in [-0.4, -0.2) is 31.2 Å². The molecule has 1 aromatic carbocycles. The zero-order chi connectivity index (χ0) is 13.7. The molecule has 0 aromatic heterocycles. The molecule has 0 saturated heterocycles. The molecule has 1 saturated carbocycles. The topological polar surface area (TPSA) is 73.6 Å². The van der Waals surface area contributed by atoms with Gasteiger partial charge in [0.1, 0.15) is 0 Å². The largest absolute Gasteiger partial charge is 0.493 e. The molecule has 6 nitrogen and oxygen atoms in total. The van der Waals surface area contributed by atoms with Gasteiger partial charge in [-0.3, -0.25) is 10.1 Å². The van der Waals surface area contributed by atoms with Crippen molar-refractivity contribution in [3.05, 3.63) is 28.3 Å². The van der Waals surface area contributed by atoms with Crippen LogP contribution in [0.5, 0.6) is 11.5 Å². The Balaban J connectivity index is 1.85. The smallest absolute Gasteiger partial charge is 0.273 e. The van der Waals surface area contributed by atoms with E-state index in [1.165, 1.54) is 32.1 Å². The third-order valence-electron chi connectivity index (χ3n) is 2.95. The van der Waals surface area contributed by atoms with Gasteiger partial charge in [-0.2, -0.15) is 0 Å². The summed E-state index contributed by atoms with van der Waals surface area (Å²) in [7, 11) is 1.52. The van der Waals surface area contributed by atoms with Gasteiger partial charge in [-0.25, -0.2) is 0 Å². The second-order valence-electron chi connectivity index (χ2n) is 4.52. The summed E-state index contributed by atoms with van der Waals surface area (Å²) >= 11 is 0. The maximum atomic E-state index is 10.7. The van der Waals surface area contributed by atoms with E-state index in [0.29, 0.717) is 24.1 Å². The van der Waals surface area contributed by atoms with E-state index in [-0.39, 0.29) is 5.69 Å². The molecule has 0 amide bonds. The average molecular weight is 266 g/mol. The third kappa shape index (κ3) is 4.10. The van der Waals surface area contributed by atoms with Gasteiger partial charge < -0.3 is 14.8 Å². The summed E-state index contributed by atoms with van der Waals surface area (Å²) < 4.78 is 10.7. The van der Waals surface area contributed by atoms with E-state index in [0.717, 1.165) is 13.0 Å². The van der Waals surface area contributed by atoms with E-state index in [2.05, 4.69) is 5.32 Å². The Bertz CT molecular complexity index is 446. The molecule has 0 bridgehead atoms. The molecule has 1 fully saturated rings. The summed E-state index contributed by atoms with van der Waals surface area (Å²) in [6.45, 7) is 1.42. The van der Waals surface area contributed by atoms with Gasteiger partial charge in [0, 0.05) is 12.1 Å². The van der Waals surface area contributed by atoms with Gasteiger partial charge in [0.15, 0.2) is 11.5 Å². The van der Waals surface area contributed by atoms with Gasteiger partial charge in [0.2, 0.25) is 0 Å². The minimum atomic E-state index is -0.444. The van der Waals surface area contributed by atoms with Gasteiger partial charge >= 0.3 is 0 Å². The molecule has 0 atom stereocenters. The van der Waals surface area contributed by atoms with Crippen LogP contribution in [0, 0.1) is 10.1 Å². The van der Waals surface area contributed by atoms with Crippen molar-refractivity contribution in [2.45, 2.75) is 25.3 Å². The monoisotopic (exact) mass is 266 g/mol. The van der Waals surface area contributed by atoms with Crippen molar-refractivity contribution in [2.24, 2.45) is 0 Å². The molecule has 19 heavy (non-hydrogen) atoms. The fourth-order valence-electron chi connectivity index (χ4n) is 1.74. The highest BCUT2D eigenvalue weighted by Crippen LogP contribution is 2.31. The van der Waals surface area contributed by atoms with Crippen molar-refractivity contribution < 1.29 is 14.4 Å². The van der Waals surface area contributed by atoms with E-state index >= 15 is 0 Å². The number of nitrogens with zero attached hydrogens (tertiary/aromatic N) is 1. The second kappa shape index (κ2) is 6.38. The summed E-state index contributed by atoms with van der Waals surface area (Å²) in [4.78, 5) is 10.3. The van der Waals surface area contributed by atoms with E-state index in [4.69, 9.17) is 9.47 Å². The van der Waals surface area contributed by atoms with Crippen molar-refractivity contribution >= 4 is 5.69 Å². The highest BCUT2D eigenvalue weighted by Gasteiger charge is 2.19. The van der Waals surface area contributed by atoms with Gasteiger partial charge in [-0.1, -0.05) is 0 Å². The molecule has 1 aliphatic carbocycles. The van der Waals surface area contributed by atoms with E-state index in [9.17, 15) is 10.1 Å². The number of methoxy groups -OCH3 is 1. The van der Waals surface area contributed by atoms with Crippen LogP contribution in [0.15, 0.2) is 18.2 Å². The molecule has 1 aromatic rings. The highest BCUT2D eigenvalue weighted by atomic mass is 16.6. The first kappa shape index (κ1) is 13.6. The Kier molecular flexibility index (Phi) is 4.57. The fraction of sp³-hybridized carbons (Fsp3) is 0.538. The molecular formula is C13H18N2O4. The summed E-state index contributed by atoms with van der Waals surface area (Å²) in [5.74, 6) is 0.934. The van der Waals surface area contributed by atoms with Crippen LogP contribution in [0.4, 0.5) is 5.69 Å². The van der Waals surface area contributed by atoms with Crippen LogP contribution < -0.4 is 14.8 Å². The molecule has 0 heterocycles. The van der Waals surface area contributed by atoms with Gasteiger partial charge in [-0.05, 0) is 31.9 Å². The Morgan fingerprint density at radius 3 is 2.84 bits per heavy atom. The predicted molar refractivity (Wildman–Crippen MR) is 70.8 cm³/mol. The maximum Gasteiger partial charge on any atom is 0.273 e. The summed E-state index contributed by atoms with van der Waals surface area (Å²) in [5, 5.41) is 14.1. The first-order valence-corrected chi connectivity index (χ1v) is 6.39. The van der Waals surface area contributed by atoms with E-state index < -0.39 is 4.92 Å². The number of non-ortho nitro benzene ring substituents is 1. The second-order valence-corrected chi connectivity index (χ2v) is 4.52. The molecule has 1 aliphatic rings. The van der Waals surface area contributed by atoms with Crippen LogP contribution in [0.1, 0.15) is 19.3 Å². The third-order valence-corrected chi connectivity index (χ3v) is 2.95. The number of ether oxygens (including phenoxy) is 2. The lowest BCUT2D eigenvalue weighted by atomic mass is 10.3. The first-order valence-electron chi connectivity index (χ1n) is 6.39. The molecule has 0 aliphatic heterocycles. The van der Waals surface area contributed by atoms with E-state index in [1.54, 1.807) is 6.07 Å². The summed E-state index contributed by atoms with van der Waals surface area (Å²) in [6, 6.07) is 5.04. The molecule has 0 unspecified atom stereocenters. The zero-order valence-electron chi connectivity index (χ0n) is 10.9. The van der Waals surface area contributed by atoms with E-state index in [1.807, 2.05) is 0 Å². The molecule has 0 radical (unpaired) electrons. The summed E-state index contributed by atoms with van der Waals surface area (Å²) in [6.07, 6.45) is 3.39. The lowest BCUT2D eigenvalue weighted by Crippen LogP contribution is -2.19. The number of hydrogen-bond acceptors (Lipinski definition) is 5. The van der Waals surface area contributed by atoms with Crippen LogP contribution >= 0.6 is 0 Å². The summed E-state index contributed by atoms with van der Waals surface area (Å²) in [5.41, 5.74) is 0.00639. The van der Waals surface area contributed by atoms with Crippen molar-refractivity contribution in [3.63, 3.8) is 0 Å². The lowest BCUT2D eigenvalue weighted by molar-refractivity contribution is -0.385. The molecule has 104 valence electrons. The Hall–Kier alpha value is -1.82. The molecule has 2 rings (SSSR count). The number of nitrogens with one attached hydrogen (secondary N) is 1. The molecule has 1 N–H and O–H groups in total. The normalized spacial score (nSPS) is 14.2. The number of nitro groups is 1. The molecule has 6 heteroatoms. The Morgan fingerprint density at radius 2 is 2.21 bits per heavy atom. The van der Waals surface area contributed by atoms with Crippen LogP contribution in [0.2, 0.25) is 0 Å². The highest BCUT2D eigenvalue weighted by molar-refractivity contribution is 5.48. The van der Waals surface area contributed by atoms with Crippen molar-refractivity contribution in [3.8, 4) is 11.5 Å². The van der Waals surface area contributed by atoms with Crippen LogP contribution in [0.3, 0.4) is 0 Å². The SMILES string of the molecule is COc1ccc([N+](=O)[O-])cc1OCCCNC1CC1. The van der Waals surface area contributed by atoms with Gasteiger partial charge in [0.05, 0.1) is 24.7 Å². The zero-order valence-corrected chi connectivity index (χ0v) is 10.9. The lowest BCUT2D eigenvalue weighted by Gasteiger charge is -2.10. The number of nitro benzene ring substituents is 1. The minimum Gasteiger partial charge on any atom is -0.493 e. The minimum absolute atomic E-state index is 0.00639. The van der Waals surface area contributed by atoms with Crippen molar-refractivity contribution in [1.82, 2.24) is 5.32 Å². The Morgan fingerprint density at radius 1 is 1.42 bits per heavy atom. The predicted octanol–water partition coefficient (Wildman–Crippen LogP) is 2.12. The Labute approximate surface area is 111 Å². The van der Waals surface area contributed by atoms with Crippen LogP contribution in [0.25, 0.3) is 0 Å². The number of hydrogen-bond donors (Lipinski definition) is 1. The quantitative estimate of drug-likeness (QED) is 0.443. The van der Waals surface area contributed by atoms with Crippen LogP contribution in [-0.2, 0) is 0 Å². The maximum absolute atomic E-state index is 10.7. The van der Waals surface area contributed by atoms with Gasteiger partial charge in [-0.15, -0.1) is 0 Å². The first-order chi connectivity index (χ1) is 9.20. The number of rotatable bonds is 8. The fourth-order valence-corrected chi connectivity index (χ4v) is 1.74. The van der Waals surface area contributed by atoms with Crippen molar-refractivity contribution in [2.75, 3.05) is 20.3 Å². The van der Waals surface area contributed by atoms with Crippen molar-refractivity contribution in [1.29, 1.82) is 0 Å². The number of benzene rings is 1. The van der Waals surface area contributed by atoms with Gasteiger partial charge in [0.25, 0.3) is 5.69 Å². The standard InChI is InChI=1S/C13H18N2O4/c1-18-12-6-5-11(15(16)17)9-13(12)19-8-2-7-14-10-3-4-10/h5-6,9-10,14H,2-4,7-8H2,1H3.